The van der Waals surface area contributed by atoms with Gasteiger partial charge in [-0.1, -0.05) is 0 Å². The Bertz CT molecular complexity index is 717. The molecule has 0 aliphatic rings. The van der Waals surface area contributed by atoms with Crippen molar-refractivity contribution in [3.8, 4) is 0 Å². The van der Waals surface area contributed by atoms with Gasteiger partial charge < -0.3 is 10.6 Å². The monoisotopic (exact) mass is 288 g/mol. The Kier molecular flexibility index (Phi) is 3.51. The molecule has 7 heteroatoms. The second kappa shape index (κ2) is 5.46. The first-order valence-corrected chi connectivity index (χ1v) is 7.30. The number of rotatable bonds is 5. The van der Waals surface area contributed by atoms with E-state index in [1.54, 1.807) is 11.3 Å². The first kappa shape index (κ1) is 12.9. The van der Waals surface area contributed by atoms with Crippen LogP contribution in [0.15, 0.2) is 23.8 Å². The maximum Gasteiger partial charge on any atom is 0.225 e. The van der Waals surface area contributed by atoms with Crippen molar-refractivity contribution < 1.29 is 0 Å². The Hall–Kier alpha value is -2.15. The fourth-order valence-electron chi connectivity index (χ4n) is 1.98. The molecule has 2 N–H and O–H groups in total. The molecule has 0 aromatic carbocycles. The number of thiophene rings is 1. The summed E-state index contributed by atoms with van der Waals surface area (Å²) < 4.78 is 1.92. The summed E-state index contributed by atoms with van der Waals surface area (Å²) in [7, 11) is 1.82. The van der Waals surface area contributed by atoms with Crippen LogP contribution in [0.5, 0.6) is 0 Å². The minimum Gasteiger partial charge on any atom is -0.368 e. The molecule has 6 nitrogen and oxygen atoms in total. The van der Waals surface area contributed by atoms with Gasteiger partial charge in [0.05, 0.1) is 18.1 Å². The van der Waals surface area contributed by atoms with Crippen molar-refractivity contribution in [2.45, 2.75) is 13.5 Å². The van der Waals surface area contributed by atoms with Crippen molar-refractivity contribution in [2.24, 2.45) is 0 Å². The molecule has 0 saturated carbocycles. The first-order valence-electron chi connectivity index (χ1n) is 6.42. The molecule has 20 heavy (non-hydrogen) atoms. The zero-order valence-electron chi connectivity index (χ0n) is 11.4. The SMILES string of the molecule is CNc1nc(NCCn2cc(C)cn2)c2ccsc2n1. The van der Waals surface area contributed by atoms with Crippen LogP contribution in [-0.4, -0.2) is 33.3 Å². The van der Waals surface area contributed by atoms with E-state index in [0.29, 0.717) is 5.95 Å². The molecule has 0 spiro atoms. The molecular weight excluding hydrogens is 272 g/mol. The van der Waals surface area contributed by atoms with Gasteiger partial charge in [0.2, 0.25) is 5.95 Å². The van der Waals surface area contributed by atoms with Crippen LogP contribution < -0.4 is 10.6 Å². The molecule has 3 heterocycles. The van der Waals surface area contributed by atoms with Gasteiger partial charge in [-0.3, -0.25) is 4.68 Å². The lowest BCUT2D eigenvalue weighted by Gasteiger charge is -2.08. The maximum atomic E-state index is 4.47. The Balaban J connectivity index is 1.74. The summed E-state index contributed by atoms with van der Waals surface area (Å²) in [5.74, 6) is 1.50. The second-order valence-electron chi connectivity index (χ2n) is 4.49. The van der Waals surface area contributed by atoms with Crippen molar-refractivity contribution in [2.75, 3.05) is 24.2 Å². The van der Waals surface area contributed by atoms with Crippen molar-refractivity contribution in [1.82, 2.24) is 19.7 Å². The average Bonchev–Trinajstić information content (AvgIpc) is 3.07. The van der Waals surface area contributed by atoms with Crippen molar-refractivity contribution in [1.29, 1.82) is 0 Å². The number of nitrogens with zero attached hydrogens (tertiary/aromatic N) is 4. The van der Waals surface area contributed by atoms with Crippen LogP contribution in [0.1, 0.15) is 5.56 Å². The summed E-state index contributed by atoms with van der Waals surface area (Å²) in [6, 6.07) is 2.04. The quantitative estimate of drug-likeness (QED) is 0.754. The van der Waals surface area contributed by atoms with Gasteiger partial charge in [-0.15, -0.1) is 11.3 Å². The standard InChI is InChI=1S/C13H16N6S/c1-9-7-16-19(8-9)5-4-15-11-10-3-6-20-12(10)18-13(14-2)17-11/h3,6-8H,4-5H2,1-2H3,(H2,14,15,17,18). The summed E-state index contributed by atoms with van der Waals surface area (Å²) in [5.41, 5.74) is 1.17. The minimum atomic E-state index is 0.636. The fourth-order valence-corrected chi connectivity index (χ4v) is 2.74. The second-order valence-corrected chi connectivity index (χ2v) is 5.39. The largest absolute Gasteiger partial charge is 0.368 e. The van der Waals surface area contributed by atoms with Gasteiger partial charge in [0, 0.05) is 19.8 Å². The Morgan fingerprint density at radius 2 is 2.25 bits per heavy atom. The molecule has 0 fully saturated rings. The predicted molar refractivity (Wildman–Crippen MR) is 82.4 cm³/mol. The van der Waals surface area contributed by atoms with Crippen molar-refractivity contribution in [3.63, 3.8) is 0 Å². The highest BCUT2D eigenvalue weighted by Gasteiger charge is 2.07. The van der Waals surface area contributed by atoms with Gasteiger partial charge in [0.15, 0.2) is 0 Å². The predicted octanol–water partition coefficient (Wildman–Crippen LogP) is 2.35. The van der Waals surface area contributed by atoms with Crippen LogP contribution in [0.25, 0.3) is 10.2 Å². The molecule has 0 aliphatic carbocycles. The highest BCUT2D eigenvalue weighted by atomic mass is 32.1. The summed E-state index contributed by atoms with van der Waals surface area (Å²) in [6.45, 7) is 3.61. The van der Waals surface area contributed by atoms with Crippen LogP contribution in [0.3, 0.4) is 0 Å². The minimum absolute atomic E-state index is 0.636. The average molecular weight is 288 g/mol. The van der Waals surface area contributed by atoms with E-state index in [9.17, 15) is 0 Å². The van der Waals surface area contributed by atoms with Gasteiger partial charge in [-0.25, -0.2) is 4.98 Å². The molecule has 0 radical (unpaired) electrons. The lowest BCUT2D eigenvalue weighted by Crippen LogP contribution is -2.12. The highest BCUT2D eigenvalue weighted by Crippen LogP contribution is 2.26. The summed E-state index contributed by atoms with van der Waals surface area (Å²) in [6.07, 6.45) is 3.89. The lowest BCUT2D eigenvalue weighted by molar-refractivity contribution is 0.637. The topological polar surface area (TPSA) is 67.7 Å². The third-order valence-electron chi connectivity index (χ3n) is 2.94. The number of fused-ring (bicyclic) bond motifs is 1. The summed E-state index contributed by atoms with van der Waals surface area (Å²) >= 11 is 1.62. The lowest BCUT2D eigenvalue weighted by atomic mass is 10.4. The number of nitrogens with one attached hydrogen (secondary N) is 2. The van der Waals surface area contributed by atoms with E-state index in [1.807, 2.05) is 42.5 Å². The molecular formula is C13H16N6S. The molecule has 0 aliphatic heterocycles. The van der Waals surface area contributed by atoms with Crippen LogP contribution in [-0.2, 0) is 6.54 Å². The van der Waals surface area contributed by atoms with E-state index < -0.39 is 0 Å². The molecule has 0 saturated heterocycles. The van der Waals surface area contributed by atoms with Gasteiger partial charge in [-0.05, 0) is 23.9 Å². The highest BCUT2D eigenvalue weighted by molar-refractivity contribution is 7.16. The van der Waals surface area contributed by atoms with E-state index in [0.717, 1.165) is 29.1 Å². The van der Waals surface area contributed by atoms with E-state index in [2.05, 4.69) is 25.7 Å². The fraction of sp³-hybridized carbons (Fsp3) is 0.308. The summed E-state index contributed by atoms with van der Waals surface area (Å²) in [5, 5.41) is 13.7. The van der Waals surface area contributed by atoms with E-state index in [4.69, 9.17) is 0 Å². The molecule has 3 aromatic rings. The molecule has 0 amide bonds. The number of aryl methyl sites for hydroxylation is 1. The molecule has 0 bridgehead atoms. The maximum absolute atomic E-state index is 4.47. The molecule has 3 aromatic heterocycles. The molecule has 104 valence electrons. The zero-order chi connectivity index (χ0) is 13.9. The van der Waals surface area contributed by atoms with Crippen LogP contribution in [0.4, 0.5) is 11.8 Å². The molecule has 0 atom stereocenters. The molecule has 3 rings (SSSR count). The first-order chi connectivity index (χ1) is 9.76. The third kappa shape index (κ3) is 2.57. The van der Waals surface area contributed by atoms with Crippen LogP contribution in [0.2, 0.25) is 0 Å². The normalized spacial score (nSPS) is 10.9. The zero-order valence-corrected chi connectivity index (χ0v) is 12.2. The van der Waals surface area contributed by atoms with Crippen LogP contribution in [0, 0.1) is 6.92 Å². The smallest absolute Gasteiger partial charge is 0.225 e. The molecule has 0 unspecified atom stereocenters. The summed E-state index contributed by atoms with van der Waals surface area (Å²) in [4.78, 5) is 9.88. The number of hydrogen-bond donors (Lipinski definition) is 2. The number of aromatic nitrogens is 4. The van der Waals surface area contributed by atoms with Gasteiger partial charge in [0.1, 0.15) is 10.6 Å². The number of hydrogen-bond acceptors (Lipinski definition) is 6. The Labute approximate surface area is 120 Å². The Morgan fingerprint density at radius 3 is 3.00 bits per heavy atom. The van der Waals surface area contributed by atoms with Crippen LogP contribution >= 0.6 is 11.3 Å². The van der Waals surface area contributed by atoms with Gasteiger partial charge in [0.25, 0.3) is 0 Å². The van der Waals surface area contributed by atoms with Gasteiger partial charge >= 0.3 is 0 Å². The number of anilines is 2. The van der Waals surface area contributed by atoms with E-state index in [-0.39, 0.29) is 0 Å². The Morgan fingerprint density at radius 1 is 1.35 bits per heavy atom. The van der Waals surface area contributed by atoms with E-state index >= 15 is 0 Å². The van der Waals surface area contributed by atoms with Crippen molar-refractivity contribution in [3.05, 3.63) is 29.4 Å². The van der Waals surface area contributed by atoms with Gasteiger partial charge in [-0.2, -0.15) is 10.1 Å². The third-order valence-corrected chi connectivity index (χ3v) is 3.75. The van der Waals surface area contributed by atoms with Crippen molar-refractivity contribution >= 4 is 33.3 Å². The van der Waals surface area contributed by atoms with E-state index in [1.165, 1.54) is 5.56 Å².